The number of H-pyrrole nitrogens is 2. The van der Waals surface area contributed by atoms with E-state index >= 15 is 0 Å². The first kappa shape index (κ1) is 8.16. The molecule has 3 aromatic rings. The Labute approximate surface area is 85.5 Å². The molecule has 2 heterocycles. The average Bonchev–Trinajstić information content (AvgIpc) is 2.84. The quantitative estimate of drug-likeness (QED) is 0.626. The van der Waals surface area contributed by atoms with Gasteiger partial charge in [0.2, 0.25) is 0 Å². The van der Waals surface area contributed by atoms with Crippen molar-refractivity contribution < 1.29 is 0 Å². The minimum absolute atomic E-state index is 0.726. The summed E-state index contributed by atoms with van der Waals surface area (Å²) in [6.07, 6.45) is 1.64. The maximum atomic E-state index is 4.42. The minimum atomic E-state index is 0.726. The molecule has 2 N–H and O–H groups in total. The maximum Gasteiger partial charge on any atom is 0.160 e. The number of aromatic nitrogens is 5. The molecule has 0 radical (unpaired) electrons. The summed E-state index contributed by atoms with van der Waals surface area (Å²) in [4.78, 5) is 7.62. The van der Waals surface area contributed by atoms with Gasteiger partial charge in [-0.05, 0) is 24.6 Å². The molecular weight excluding hydrogens is 190 g/mol. The molecule has 0 saturated carbocycles. The number of benzene rings is 1. The Morgan fingerprint density at radius 3 is 3.00 bits per heavy atom. The number of imidazole rings is 1. The molecule has 0 saturated heterocycles. The van der Waals surface area contributed by atoms with Crippen molar-refractivity contribution in [1.29, 1.82) is 0 Å². The summed E-state index contributed by atoms with van der Waals surface area (Å²) in [6, 6.07) is 6.09. The molecule has 0 aliphatic carbocycles. The molecule has 5 nitrogen and oxygen atoms in total. The monoisotopic (exact) mass is 199 g/mol. The molecule has 0 unspecified atom stereocenters. The number of aryl methyl sites for hydroxylation is 1. The van der Waals surface area contributed by atoms with Crippen LogP contribution in [0.3, 0.4) is 0 Å². The fraction of sp³-hybridized carbons (Fsp3) is 0.100. The van der Waals surface area contributed by atoms with Crippen LogP contribution in [0.15, 0.2) is 24.4 Å². The van der Waals surface area contributed by atoms with Gasteiger partial charge in [0.15, 0.2) is 5.82 Å². The Morgan fingerprint density at radius 2 is 2.20 bits per heavy atom. The number of nitrogens with zero attached hydrogens (tertiary/aromatic N) is 3. The van der Waals surface area contributed by atoms with E-state index in [1.54, 1.807) is 6.20 Å². The Kier molecular flexibility index (Phi) is 1.58. The maximum absolute atomic E-state index is 4.42. The predicted molar refractivity (Wildman–Crippen MR) is 56.2 cm³/mol. The highest BCUT2D eigenvalue weighted by molar-refractivity contribution is 5.79. The summed E-state index contributed by atoms with van der Waals surface area (Å²) < 4.78 is 0. The van der Waals surface area contributed by atoms with E-state index in [4.69, 9.17) is 0 Å². The Balaban J connectivity index is 2.22. The molecular formula is C10H9N5. The van der Waals surface area contributed by atoms with Gasteiger partial charge in [-0.3, -0.25) is 0 Å². The van der Waals surface area contributed by atoms with Crippen molar-refractivity contribution in [2.75, 3.05) is 0 Å². The Morgan fingerprint density at radius 1 is 1.27 bits per heavy atom. The average molecular weight is 199 g/mol. The van der Waals surface area contributed by atoms with Crippen molar-refractivity contribution in [2.45, 2.75) is 6.92 Å². The lowest BCUT2D eigenvalue weighted by Crippen LogP contribution is -1.79. The molecule has 0 amide bonds. The lowest BCUT2D eigenvalue weighted by atomic mass is 10.2. The van der Waals surface area contributed by atoms with E-state index in [1.807, 2.05) is 12.1 Å². The molecule has 3 rings (SSSR count). The molecule has 0 fully saturated rings. The molecule has 74 valence electrons. The second-order valence-corrected chi connectivity index (χ2v) is 3.46. The number of fused-ring (bicyclic) bond motifs is 1. The normalized spacial score (nSPS) is 11.0. The molecule has 1 aromatic carbocycles. The van der Waals surface area contributed by atoms with Gasteiger partial charge < -0.3 is 4.98 Å². The zero-order valence-electron chi connectivity index (χ0n) is 8.15. The second kappa shape index (κ2) is 2.91. The van der Waals surface area contributed by atoms with E-state index in [9.17, 15) is 0 Å². The van der Waals surface area contributed by atoms with Gasteiger partial charge in [0.05, 0.1) is 17.2 Å². The molecule has 5 heteroatoms. The van der Waals surface area contributed by atoms with Crippen molar-refractivity contribution in [2.24, 2.45) is 0 Å². The smallest absolute Gasteiger partial charge is 0.160 e. The van der Waals surface area contributed by atoms with E-state index < -0.39 is 0 Å². The zero-order chi connectivity index (χ0) is 10.3. The zero-order valence-corrected chi connectivity index (χ0v) is 8.15. The number of hydrogen-bond donors (Lipinski definition) is 2. The van der Waals surface area contributed by atoms with Crippen LogP contribution in [0.2, 0.25) is 0 Å². The van der Waals surface area contributed by atoms with Gasteiger partial charge in [-0.1, -0.05) is 6.07 Å². The van der Waals surface area contributed by atoms with E-state index in [-0.39, 0.29) is 0 Å². The summed E-state index contributed by atoms with van der Waals surface area (Å²) in [6.45, 7) is 2.05. The standard InChI is InChI=1S/C10H9N5/c1-6-2-3-7-8(4-6)13-10(12-7)9-5-11-15-14-9/h2-5H,1H3,(H,12,13)(H,11,14,15). The first-order valence-electron chi connectivity index (χ1n) is 4.65. The van der Waals surface area contributed by atoms with Crippen LogP contribution in [0, 0.1) is 6.92 Å². The highest BCUT2D eigenvalue weighted by atomic mass is 15.3. The third kappa shape index (κ3) is 1.28. The van der Waals surface area contributed by atoms with Crippen LogP contribution < -0.4 is 0 Å². The van der Waals surface area contributed by atoms with Gasteiger partial charge in [-0.2, -0.15) is 15.4 Å². The first-order valence-corrected chi connectivity index (χ1v) is 4.65. The highest BCUT2D eigenvalue weighted by Crippen LogP contribution is 2.18. The third-order valence-corrected chi connectivity index (χ3v) is 2.30. The van der Waals surface area contributed by atoms with E-state index in [1.165, 1.54) is 5.56 Å². The predicted octanol–water partition coefficient (Wildman–Crippen LogP) is 1.66. The van der Waals surface area contributed by atoms with Gasteiger partial charge in [-0.25, -0.2) is 4.98 Å². The molecule has 0 aliphatic rings. The third-order valence-electron chi connectivity index (χ3n) is 2.30. The van der Waals surface area contributed by atoms with Gasteiger partial charge in [-0.15, -0.1) is 0 Å². The molecule has 0 bridgehead atoms. The fourth-order valence-electron chi connectivity index (χ4n) is 1.56. The summed E-state index contributed by atoms with van der Waals surface area (Å²) in [7, 11) is 0. The molecule has 0 aliphatic heterocycles. The lowest BCUT2D eigenvalue weighted by molar-refractivity contribution is 0.940. The largest absolute Gasteiger partial charge is 0.337 e. The fourth-order valence-corrected chi connectivity index (χ4v) is 1.56. The summed E-state index contributed by atoms with van der Waals surface area (Å²) in [5.41, 5.74) is 3.90. The number of nitrogens with one attached hydrogen (secondary N) is 2. The first-order chi connectivity index (χ1) is 7.33. The Bertz CT molecular complexity index is 593. The highest BCUT2D eigenvalue weighted by Gasteiger charge is 2.06. The van der Waals surface area contributed by atoms with Crippen LogP contribution in [0.4, 0.5) is 0 Å². The molecule has 15 heavy (non-hydrogen) atoms. The second-order valence-electron chi connectivity index (χ2n) is 3.46. The van der Waals surface area contributed by atoms with Crippen molar-refractivity contribution in [1.82, 2.24) is 25.4 Å². The van der Waals surface area contributed by atoms with Crippen LogP contribution in [0.1, 0.15) is 5.56 Å². The van der Waals surface area contributed by atoms with Crippen LogP contribution in [0.25, 0.3) is 22.6 Å². The number of rotatable bonds is 1. The Hall–Kier alpha value is -2.17. The number of aromatic amines is 2. The van der Waals surface area contributed by atoms with Gasteiger partial charge in [0.25, 0.3) is 0 Å². The van der Waals surface area contributed by atoms with Crippen molar-refractivity contribution in [3.63, 3.8) is 0 Å². The van der Waals surface area contributed by atoms with Crippen LogP contribution in [0.5, 0.6) is 0 Å². The van der Waals surface area contributed by atoms with E-state index in [2.05, 4.69) is 38.4 Å². The van der Waals surface area contributed by atoms with Crippen LogP contribution >= 0.6 is 0 Å². The van der Waals surface area contributed by atoms with Gasteiger partial charge in [0, 0.05) is 0 Å². The minimum Gasteiger partial charge on any atom is -0.337 e. The van der Waals surface area contributed by atoms with Crippen LogP contribution in [-0.4, -0.2) is 25.4 Å². The lowest BCUT2D eigenvalue weighted by Gasteiger charge is -1.89. The van der Waals surface area contributed by atoms with E-state index in [0.717, 1.165) is 22.6 Å². The van der Waals surface area contributed by atoms with Gasteiger partial charge in [0.1, 0.15) is 5.69 Å². The molecule has 0 spiro atoms. The SMILES string of the molecule is Cc1ccc2nc(-c3cn[nH]n3)[nH]c2c1. The summed E-state index contributed by atoms with van der Waals surface area (Å²) in [5.74, 6) is 0.740. The summed E-state index contributed by atoms with van der Waals surface area (Å²) in [5, 5.41) is 10.3. The van der Waals surface area contributed by atoms with Crippen molar-refractivity contribution >= 4 is 11.0 Å². The van der Waals surface area contributed by atoms with E-state index in [0.29, 0.717) is 0 Å². The van der Waals surface area contributed by atoms with Crippen LogP contribution in [-0.2, 0) is 0 Å². The summed E-state index contributed by atoms with van der Waals surface area (Å²) >= 11 is 0. The van der Waals surface area contributed by atoms with Gasteiger partial charge >= 0.3 is 0 Å². The van der Waals surface area contributed by atoms with Crippen molar-refractivity contribution in [3.05, 3.63) is 30.0 Å². The molecule has 0 atom stereocenters. The van der Waals surface area contributed by atoms with Crippen molar-refractivity contribution in [3.8, 4) is 11.5 Å². The molecule has 2 aromatic heterocycles. The number of hydrogen-bond acceptors (Lipinski definition) is 3. The topological polar surface area (TPSA) is 70.2 Å².